The van der Waals surface area contributed by atoms with Gasteiger partial charge in [0.1, 0.15) is 5.75 Å². The van der Waals surface area contributed by atoms with E-state index in [2.05, 4.69) is 0 Å². The van der Waals surface area contributed by atoms with Gasteiger partial charge in [-0.1, -0.05) is 23.2 Å². The summed E-state index contributed by atoms with van der Waals surface area (Å²) in [7, 11) is 0. The Morgan fingerprint density at radius 1 is 1.40 bits per heavy atom. The molecule has 1 fully saturated rings. The van der Waals surface area contributed by atoms with Crippen LogP contribution < -0.4 is 4.74 Å². The molecule has 0 atom stereocenters. The van der Waals surface area contributed by atoms with Gasteiger partial charge >= 0.3 is 11.7 Å². The molecule has 0 saturated carbocycles. The van der Waals surface area contributed by atoms with Crippen molar-refractivity contribution in [3.05, 3.63) is 49.1 Å². The third kappa shape index (κ3) is 4.77. The standard InChI is InChI=1S/C14H12Cl2N2O6S/c15-8-2-3-10(9(16)6-8)24-7-11(19)17-4-1-5-25-13(17)12(14(20)21)18(22)23/h2-3,6H,1,4-5,7H2,(H,20,21)/b13-12+. The van der Waals surface area contributed by atoms with Gasteiger partial charge in [0.25, 0.3) is 5.91 Å². The van der Waals surface area contributed by atoms with Crippen LogP contribution >= 0.6 is 35.0 Å². The number of carbonyl (C=O) groups is 2. The average molecular weight is 407 g/mol. The van der Waals surface area contributed by atoms with Crippen LogP contribution in [0.25, 0.3) is 0 Å². The van der Waals surface area contributed by atoms with Gasteiger partial charge in [0, 0.05) is 17.3 Å². The fourth-order valence-electron chi connectivity index (χ4n) is 2.06. The largest absolute Gasteiger partial charge is 0.482 e. The molecule has 1 heterocycles. The number of aliphatic carboxylic acids is 1. The minimum absolute atomic E-state index is 0.170. The van der Waals surface area contributed by atoms with Crippen LogP contribution in [0.2, 0.25) is 10.0 Å². The molecule has 0 aliphatic carbocycles. The maximum absolute atomic E-state index is 12.4. The summed E-state index contributed by atoms with van der Waals surface area (Å²) in [6.45, 7) is -0.278. The Kier molecular flexibility index (Phi) is 6.51. The highest BCUT2D eigenvalue weighted by molar-refractivity contribution is 8.03. The van der Waals surface area contributed by atoms with Crippen molar-refractivity contribution in [1.82, 2.24) is 4.90 Å². The minimum atomic E-state index is -1.70. The fraction of sp³-hybridized carbons (Fsp3) is 0.286. The summed E-state index contributed by atoms with van der Waals surface area (Å²) < 4.78 is 5.32. The lowest BCUT2D eigenvalue weighted by molar-refractivity contribution is -0.422. The van der Waals surface area contributed by atoms with Crippen LogP contribution in [0.1, 0.15) is 6.42 Å². The van der Waals surface area contributed by atoms with Crippen molar-refractivity contribution < 1.29 is 24.4 Å². The molecule has 1 amide bonds. The normalized spacial score (nSPS) is 16.3. The van der Waals surface area contributed by atoms with Gasteiger partial charge in [0.2, 0.25) is 0 Å². The monoisotopic (exact) mass is 406 g/mol. The number of nitro groups is 1. The second kappa shape index (κ2) is 8.41. The third-order valence-electron chi connectivity index (χ3n) is 3.14. The summed E-state index contributed by atoms with van der Waals surface area (Å²) in [5, 5.41) is 20.5. The second-order valence-corrected chi connectivity index (χ2v) is 6.75. The first-order chi connectivity index (χ1) is 11.8. The molecule has 1 saturated heterocycles. The molecule has 0 aromatic heterocycles. The molecule has 1 N–H and O–H groups in total. The smallest absolute Gasteiger partial charge is 0.410 e. The number of carboxylic acids is 1. The van der Waals surface area contributed by atoms with Crippen LogP contribution in [-0.2, 0) is 9.59 Å². The molecule has 1 aromatic carbocycles. The SMILES string of the molecule is O=C(O)/C(=C1\SCCCN1C(=O)COc1ccc(Cl)cc1Cl)[N+](=O)[O-]. The molecule has 2 rings (SSSR count). The van der Waals surface area contributed by atoms with Gasteiger partial charge in [0.05, 0.1) is 9.95 Å². The van der Waals surface area contributed by atoms with Crippen molar-refractivity contribution in [2.45, 2.75) is 6.42 Å². The number of carboxylic acid groups (broad SMARTS) is 1. The highest BCUT2D eigenvalue weighted by Gasteiger charge is 2.35. The van der Waals surface area contributed by atoms with E-state index >= 15 is 0 Å². The number of amides is 1. The van der Waals surface area contributed by atoms with Crippen molar-refractivity contribution in [1.29, 1.82) is 0 Å². The summed E-state index contributed by atoms with van der Waals surface area (Å²) >= 11 is 12.7. The highest BCUT2D eigenvalue weighted by Crippen LogP contribution is 2.31. The molecular formula is C14H12Cl2N2O6S. The Morgan fingerprint density at radius 2 is 2.12 bits per heavy atom. The fourth-order valence-corrected chi connectivity index (χ4v) is 3.64. The molecule has 1 aromatic rings. The molecule has 134 valence electrons. The molecule has 0 unspecified atom stereocenters. The van der Waals surface area contributed by atoms with Gasteiger partial charge in [-0.15, -0.1) is 11.8 Å². The lowest BCUT2D eigenvalue weighted by Gasteiger charge is -2.28. The van der Waals surface area contributed by atoms with E-state index in [0.717, 1.165) is 16.7 Å². The lowest BCUT2D eigenvalue weighted by atomic mass is 10.3. The predicted molar refractivity (Wildman–Crippen MR) is 92.4 cm³/mol. The maximum Gasteiger partial charge on any atom is 0.410 e. The number of rotatable bonds is 5. The Bertz CT molecular complexity index is 739. The third-order valence-corrected chi connectivity index (χ3v) is 4.85. The molecule has 0 radical (unpaired) electrons. The average Bonchev–Trinajstić information content (AvgIpc) is 2.53. The zero-order valence-corrected chi connectivity index (χ0v) is 14.9. The van der Waals surface area contributed by atoms with Gasteiger partial charge in [-0.05, 0) is 24.6 Å². The maximum atomic E-state index is 12.4. The van der Waals surface area contributed by atoms with Crippen LogP contribution in [-0.4, -0.2) is 45.7 Å². The Balaban J connectivity index is 2.19. The van der Waals surface area contributed by atoms with Crippen molar-refractivity contribution in [3.63, 3.8) is 0 Å². The lowest BCUT2D eigenvalue weighted by Crippen LogP contribution is -2.38. The highest BCUT2D eigenvalue weighted by atomic mass is 35.5. The van der Waals surface area contributed by atoms with E-state index in [0.29, 0.717) is 17.2 Å². The Hall–Kier alpha value is -1.97. The summed E-state index contributed by atoms with van der Waals surface area (Å²) in [6, 6.07) is 4.46. The van der Waals surface area contributed by atoms with Crippen LogP contribution in [0, 0.1) is 10.1 Å². The zero-order valence-electron chi connectivity index (χ0n) is 12.6. The van der Waals surface area contributed by atoms with Crippen LogP contribution in [0.3, 0.4) is 0 Å². The van der Waals surface area contributed by atoms with Gasteiger partial charge in [-0.2, -0.15) is 0 Å². The van der Waals surface area contributed by atoms with E-state index in [9.17, 15) is 19.7 Å². The number of carbonyl (C=O) groups excluding carboxylic acids is 1. The summed E-state index contributed by atoms with van der Waals surface area (Å²) in [5.74, 6) is -1.60. The van der Waals surface area contributed by atoms with Crippen LogP contribution in [0.15, 0.2) is 28.9 Å². The van der Waals surface area contributed by atoms with Crippen molar-refractivity contribution in [3.8, 4) is 5.75 Å². The topological polar surface area (TPSA) is 110 Å². The number of benzene rings is 1. The molecule has 0 spiro atoms. The van der Waals surface area contributed by atoms with E-state index in [1.807, 2.05) is 0 Å². The van der Waals surface area contributed by atoms with Crippen molar-refractivity contribution in [2.75, 3.05) is 18.9 Å². The van der Waals surface area contributed by atoms with Gasteiger partial charge in [-0.25, -0.2) is 4.79 Å². The summed E-state index contributed by atoms with van der Waals surface area (Å²) in [5.41, 5.74) is -1.03. The number of hydrogen-bond acceptors (Lipinski definition) is 6. The van der Waals surface area contributed by atoms with E-state index in [-0.39, 0.29) is 22.3 Å². The second-order valence-electron chi connectivity index (χ2n) is 4.83. The zero-order chi connectivity index (χ0) is 18.6. The molecular weight excluding hydrogens is 395 g/mol. The Morgan fingerprint density at radius 3 is 2.72 bits per heavy atom. The number of hydrogen-bond donors (Lipinski definition) is 1. The van der Waals surface area contributed by atoms with E-state index in [1.54, 1.807) is 0 Å². The van der Waals surface area contributed by atoms with Crippen molar-refractivity contribution >= 4 is 46.8 Å². The van der Waals surface area contributed by atoms with Gasteiger partial charge in [-0.3, -0.25) is 19.8 Å². The molecule has 11 heteroatoms. The van der Waals surface area contributed by atoms with Crippen LogP contribution in [0.4, 0.5) is 0 Å². The Labute approximate surface area is 156 Å². The molecule has 25 heavy (non-hydrogen) atoms. The molecule has 1 aliphatic heterocycles. The quantitative estimate of drug-likeness (QED) is 0.454. The van der Waals surface area contributed by atoms with Gasteiger partial charge in [0.15, 0.2) is 11.6 Å². The molecule has 1 aliphatic rings. The van der Waals surface area contributed by atoms with E-state index < -0.39 is 29.1 Å². The number of ether oxygens (including phenoxy) is 1. The first-order valence-corrected chi connectivity index (χ1v) is 8.68. The van der Waals surface area contributed by atoms with E-state index in [4.69, 9.17) is 33.0 Å². The van der Waals surface area contributed by atoms with Crippen molar-refractivity contribution in [2.24, 2.45) is 0 Å². The number of nitrogens with zero attached hydrogens (tertiary/aromatic N) is 2. The number of halogens is 2. The van der Waals surface area contributed by atoms with Crippen LogP contribution in [0.5, 0.6) is 5.75 Å². The number of thioether (sulfide) groups is 1. The molecule has 0 bridgehead atoms. The first-order valence-electron chi connectivity index (χ1n) is 6.94. The predicted octanol–water partition coefficient (Wildman–Crippen LogP) is 2.87. The first kappa shape index (κ1) is 19.4. The van der Waals surface area contributed by atoms with Gasteiger partial charge < -0.3 is 9.84 Å². The molecule has 8 nitrogen and oxygen atoms in total. The summed E-state index contributed by atoms with van der Waals surface area (Å²) in [6.07, 6.45) is 0.576. The minimum Gasteiger partial charge on any atom is -0.482 e. The summed E-state index contributed by atoms with van der Waals surface area (Å²) in [4.78, 5) is 34.6. The van der Waals surface area contributed by atoms with E-state index in [1.165, 1.54) is 18.2 Å².